The topological polar surface area (TPSA) is 95.9 Å². The Labute approximate surface area is 140 Å². The van der Waals surface area contributed by atoms with Crippen LogP contribution in [0.15, 0.2) is 24.3 Å². The second kappa shape index (κ2) is 10.1. The van der Waals surface area contributed by atoms with Crippen molar-refractivity contribution in [2.75, 3.05) is 13.7 Å². The first kappa shape index (κ1) is 19.2. The highest BCUT2D eigenvalue weighted by Crippen LogP contribution is 2.05. The van der Waals surface area contributed by atoms with Crippen LogP contribution in [0.5, 0.6) is 0 Å². The molecule has 24 heavy (non-hydrogen) atoms. The van der Waals surface area contributed by atoms with E-state index in [-0.39, 0.29) is 6.61 Å². The third kappa shape index (κ3) is 6.13. The molecular weight excluding hydrogens is 310 g/mol. The van der Waals surface area contributed by atoms with E-state index in [4.69, 9.17) is 5.11 Å². The van der Waals surface area contributed by atoms with Crippen LogP contribution >= 0.6 is 0 Å². The van der Waals surface area contributed by atoms with Crippen LogP contribution in [-0.4, -0.2) is 48.0 Å². The monoisotopic (exact) mass is 329 g/mol. The van der Waals surface area contributed by atoms with Gasteiger partial charge in [-0.25, -0.2) is 4.79 Å². The Balaban J connectivity index is 2.76. The van der Waals surface area contributed by atoms with Crippen LogP contribution in [0.3, 0.4) is 0 Å². The smallest absolute Gasteiger partial charge is 0.331 e. The summed E-state index contributed by atoms with van der Waals surface area (Å²) in [6, 6.07) is 5.26. The summed E-state index contributed by atoms with van der Waals surface area (Å²) in [6.07, 6.45) is -0.706. The van der Waals surface area contributed by atoms with E-state index in [0.717, 1.165) is 0 Å². The molecule has 1 rings (SSSR count). The molecule has 0 aliphatic carbocycles. The van der Waals surface area contributed by atoms with Crippen LogP contribution in [0, 0.1) is 23.7 Å². The van der Waals surface area contributed by atoms with Crippen molar-refractivity contribution in [3.8, 4) is 23.7 Å². The Morgan fingerprint density at radius 1 is 1.25 bits per heavy atom. The van der Waals surface area contributed by atoms with Crippen LogP contribution in [-0.2, 0) is 9.53 Å². The van der Waals surface area contributed by atoms with E-state index in [1.165, 1.54) is 14.0 Å². The Bertz CT molecular complexity index is 686. The fourth-order valence-corrected chi connectivity index (χ4v) is 1.70. The molecule has 0 aromatic heterocycles. The van der Waals surface area contributed by atoms with Crippen molar-refractivity contribution < 1.29 is 24.5 Å². The van der Waals surface area contributed by atoms with Gasteiger partial charge in [-0.3, -0.25) is 4.79 Å². The molecule has 3 N–H and O–H groups in total. The molecule has 1 aromatic carbocycles. The van der Waals surface area contributed by atoms with E-state index in [2.05, 4.69) is 33.7 Å². The van der Waals surface area contributed by atoms with Gasteiger partial charge in [0, 0.05) is 17.5 Å². The molecule has 1 aromatic rings. The number of aliphatic hydroxyl groups excluding tert-OH is 2. The maximum atomic E-state index is 12.1. The molecule has 0 bridgehead atoms. The summed E-state index contributed by atoms with van der Waals surface area (Å²) in [5.41, 5.74) is 0.992. The van der Waals surface area contributed by atoms with Crippen molar-refractivity contribution in [3.05, 3.63) is 35.4 Å². The lowest BCUT2D eigenvalue weighted by Gasteiger charge is -2.18. The Morgan fingerprint density at radius 2 is 1.92 bits per heavy atom. The lowest BCUT2D eigenvalue weighted by Crippen LogP contribution is -2.48. The van der Waals surface area contributed by atoms with Crippen molar-refractivity contribution in [1.29, 1.82) is 0 Å². The Kier molecular flexibility index (Phi) is 8.07. The zero-order chi connectivity index (χ0) is 17.9. The van der Waals surface area contributed by atoms with Gasteiger partial charge in [0.25, 0.3) is 5.91 Å². The second-order valence-corrected chi connectivity index (χ2v) is 4.82. The molecule has 126 valence electrons. The second-order valence-electron chi connectivity index (χ2n) is 4.82. The normalized spacial score (nSPS) is 11.8. The number of esters is 1. The quantitative estimate of drug-likeness (QED) is 0.525. The Hall–Kier alpha value is -2.80. The van der Waals surface area contributed by atoms with Crippen molar-refractivity contribution in [2.45, 2.75) is 25.5 Å². The van der Waals surface area contributed by atoms with Crippen LogP contribution in [0.2, 0.25) is 0 Å². The highest BCUT2D eigenvalue weighted by molar-refractivity contribution is 5.97. The van der Waals surface area contributed by atoms with Gasteiger partial charge >= 0.3 is 5.97 Å². The summed E-state index contributed by atoms with van der Waals surface area (Å²) < 4.78 is 4.54. The maximum absolute atomic E-state index is 12.1. The SMILES string of the molecule is COC(=O)[C@@H](NC(=O)c1ccc(C#CC#CCCO)cc1)[C@@H](C)O. The predicted octanol–water partition coefficient (Wildman–Crippen LogP) is 0.0761. The minimum Gasteiger partial charge on any atom is -0.467 e. The van der Waals surface area contributed by atoms with Gasteiger partial charge < -0.3 is 20.3 Å². The third-order valence-electron chi connectivity index (χ3n) is 2.97. The molecule has 0 saturated heterocycles. The molecule has 1 amide bonds. The minimum atomic E-state index is -1.14. The minimum absolute atomic E-state index is 0.00247. The fourth-order valence-electron chi connectivity index (χ4n) is 1.70. The van der Waals surface area contributed by atoms with Crippen molar-refractivity contribution in [2.24, 2.45) is 0 Å². The van der Waals surface area contributed by atoms with E-state index in [1.807, 2.05) is 0 Å². The number of hydrogen-bond donors (Lipinski definition) is 3. The zero-order valence-electron chi connectivity index (χ0n) is 13.5. The first-order valence-corrected chi connectivity index (χ1v) is 7.26. The summed E-state index contributed by atoms with van der Waals surface area (Å²) in [5.74, 6) is 9.49. The number of benzene rings is 1. The van der Waals surface area contributed by atoms with Gasteiger partial charge in [-0.1, -0.05) is 11.8 Å². The maximum Gasteiger partial charge on any atom is 0.331 e. The molecule has 0 spiro atoms. The highest BCUT2D eigenvalue weighted by Gasteiger charge is 2.26. The van der Waals surface area contributed by atoms with Crippen LogP contribution in [0.4, 0.5) is 0 Å². The van der Waals surface area contributed by atoms with Gasteiger partial charge in [0.1, 0.15) is 0 Å². The van der Waals surface area contributed by atoms with Crippen LogP contribution in [0.25, 0.3) is 0 Å². The summed E-state index contributed by atoms with van der Waals surface area (Å²) in [4.78, 5) is 23.6. The van der Waals surface area contributed by atoms with Gasteiger partial charge in [0.15, 0.2) is 6.04 Å². The molecule has 0 fully saturated rings. The van der Waals surface area contributed by atoms with E-state index in [1.54, 1.807) is 24.3 Å². The number of methoxy groups -OCH3 is 1. The molecule has 0 heterocycles. The molecule has 6 nitrogen and oxygen atoms in total. The van der Waals surface area contributed by atoms with Crippen LogP contribution < -0.4 is 5.32 Å². The van der Waals surface area contributed by atoms with Crippen molar-refractivity contribution >= 4 is 11.9 Å². The molecule has 0 radical (unpaired) electrons. The number of carbonyl (C=O) groups is 2. The molecule has 0 saturated carbocycles. The van der Waals surface area contributed by atoms with E-state index in [9.17, 15) is 14.7 Å². The predicted molar refractivity (Wildman–Crippen MR) is 87.7 cm³/mol. The van der Waals surface area contributed by atoms with Crippen molar-refractivity contribution in [1.82, 2.24) is 5.32 Å². The van der Waals surface area contributed by atoms with Gasteiger partial charge in [0.05, 0.1) is 19.8 Å². The summed E-state index contributed by atoms with van der Waals surface area (Å²) in [6.45, 7) is 1.38. The number of hydrogen-bond acceptors (Lipinski definition) is 5. The average Bonchev–Trinajstić information content (AvgIpc) is 2.58. The van der Waals surface area contributed by atoms with Gasteiger partial charge in [-0.15, -0.1) is 0 Å². The lowest BCUT2D eigenvalue weighted by atomic mass is 10.1. The first-order valence-electron chi connectivity index (χ1n) is 7.26. The fraction of sp³-hybridized carbons (Fsp3) is 0.333. The number of nitrogens with one attached hydrogen (secondary N) is 1. The molecule has 2 atom stereocenters. The molecular formula is C18H19NO5. The van der Waals surface area contributed by atoms with E-state index >= 15 is 0 Å². The Morgan fingerprint density at radius 3 is 2.46 bits per heavy atom. The average molecular weight is 329 g/mol. The number of aliphatic hydroxyl groups is 2. The molecule has 0 aliphatic heterocycles. The largest absolute Gasteiger partial charge is 0.467 e. The lowest BCUT2D eigenvalue weighted by molar-refractivity contribution is -0.145. The summed E-state index contributed by atoms with van der Waals surface area (Å²) >= 11 is 0. The number of ether oxygens (including phenoxy) is 1. The molecule has 0 unspecified atom stereocenters. The number of rotatable bonds is 5. The van der Waals surface area contributed by atoms with Gasteiger partial charge in [-0.2, -0.15) is 0 Å². The molecule has 0 aliphatic rings. The third-order valence-corrected chi connectivity index (χ3v) is 2.97. The first-order chi connectivity index (χ1) is 11.5. The standard InChI is InChI=1S/C18H19NO5/c1-13(21)16(18(23)24-2)19-17(22)15-10-8-14(9-11-15)7-5-3-4-6-12-20/h8-11,13,16,20-21H,6,12H2,1-2H3,(H,19,22)/t13-,16+/m1/s1. The highest BCUT2D eigenvalue weighted by atomic mass is 16.5. The number of carbonyl (C=O) groups excluding carboxylic acids is 2. The van der Waals surface area contributed by atoms with Gasteiger partial charge in [-0.05, 0) is 43.0 Å². The van der Waals surface area contributed by atoms with E-state index < -0.39 is 24.0 Å². The number of amides is 1. The van der Waals surface area contributed by atoms with E-state index in [0.29, 0.717) is 17.5 Å². The molecule has 6 heteroatoms. The van der Waals surface area contributed by atoms with Gasteiger partial charge in [0.2, 0.25) is 0 Å². The van der Waals surface area contributed by atoms with Crippen molar-refractivity contribution in [3.63, 3.8) is 0 Å². The zero-order valence-corrected chi connectivity index (χ0v) is 13.5. The summed E-state index contributed by atoms with van der Waals surface area (Å²) in [7, 11) is 1.18. The van der Waals surface area contributed by atoms with Crippen LogP contribution in [0.1, 0.15) is 29.3 Å². The summed E-state index contributed by atoms with van der Waals surface area (Å²) in [5, 5.41) is 20.6.